The first kappa shape index (κ1) is 18.8. The van der Waals surface area contributed by atoms with E-state index in [9.17, 15) is 0 Å². The Labute approximate surface area is 175 Å². The highest BCUT2D eigenvalue weighted by atomic mass is 16.5. The van der Waals surface area contributed by atoms with Crippen LogP contribution in [-0.4, -0.2) is 60.0 Å². The Hall–Kier alpha value is -3.16. The maximum atomic E-state index is 6.01. The SMILES string of the molecule is COc1ccc2c(c1)C=C(CN1CCO[C@@H](c3ccc(-c4ccn[nH]4)cn3)C1)CO2. The predicted octanol–water partition coefficient (Wildman–Crippen LogP) is 3.33. The van der Waals surface area contributed by atoms with Gasteiger partial charge < -0.3 is 14.2 Å². The first-order valence-corrected chi connectivity index (χ1v) is 10.1. The van der Waals surface area contributed by atoms with Crippen molar-refractivity contribution in [1.82, 2.24) is 20.1 Å². The van der Waals surface area contributed by atoms with E-state index in [1.54, 1.807) is 13.3 Å². The van der Waals surface area contributed by atoms with Crippen molar-refractivity contribution in [3.63, 3.8) is 0 Å². The third kappa shape index (κ3) is 3.94. The summed E-state index contributed by atoms with van der Waals surface area (Å²) in [4.78, 5) is 7.04. The van der Waals surface area contributed by atoms with Crippen molar-refractivity contribution in [3.8, 4) is 22.8 Å². The van der Waals surface area contributed by atoms with Crippen LogP contribution in [0.25, 0.3) is 17.3 Å². The summed E-state index contributed by atoms with van der Waals surface area (Å²) in [5.41, 5.74) is 5.24. The zero-order chi connectivity index (χ0) is 20.3. The van der Waals surface area contributed by atoms with Crippen LogP contribution in [0.5, 0.6) is 11.5 Å². The molecule has 0 aliphatic carbocycles. The number of fused-ring (bicyclic) bond motifs is 1. The molecule has 7 heteroatoms. The summed E-state index contributed by atoms with van der Waals surface area (Å²) in [7, 11) is 1.68. The van der Waals surface area contributed by atoms with Crippen molar-refractivity contribution in [2.45, 2.75) is 6.10 Å². The minimum Gasteiger partial charge on any atom is -0.497 e. The molecule has 1 fully saturated rings. The number of hydrogen-bond donors (Lipinski definition) is 1. The highest BCUT2D eigenvalue weighted by Crippen LogP contribution is 2.31. The van der Waals surface area contributed by atoms with E-state index in [0.717, 1.165) is 53.6 Å². The number of H-pyrrole nitrogens is 1. The highest BCUT2D eigenvalue weighted by molar-refractivity contribution is 5.64. The number of rotatable bonds is 5. The van der Waals surface area contributed by atoms with E-state index >= 15 is 0 Å². The largest absolute Gasteiger partial charge is 0.497 e. The fourth-order valence-electron chi connectivity index (χ4n) is 3.91. The molecule has 7 nitrogen and oxygen atoms in total. The van der Waals surface area contributed by atoms with Crippen LogP contribution in [0, 0.1) is 0 Å². The van der Waals surface area contributed by atoms with Gasteiger partial charge in [0.1, 0.15) is 24.2 Å². The second-order valence-corrected chi connectivity index (χ2v) is 7.53. The van der Waals surface area contributed by atoms with E-state index in [2.05, 4.69) is 32.2 Å². The first-order chi connectivity index (χ1) is 14.8. The lowest BCUT2D eigenvalue weighted by Crippen LogP contribution is -2.40. The number of ether oxygens (including phenoxy) is 3. The maximum Gasteiger partial charge on any atom is 0.127 e. The lowest BCUT2D eigenvalue weighted by Gasteiger charge is -2.33. The smallest absolute Gasteiger partial charge is 0.127 e. The summed E-state index contributed by atoms with van der Waals surface area (Å²) < 4.78 is 17.3. The molecule has 0 spiro atoms. The number of morpholine rings is 1. The van der Waals surface area contributed by atoms with Gasteiger partial charge >= 0.3 is 0 Å². The van der Waals surface area contributed by atoms with Crippen LogP contribution in [0.3, 0.4) is 0 Å². The maximum absolute atomic E-state index is 6.01. The molecule has 30 heavy (non-hydrogen) atoms. The van der Waals surface area contributed by atoms with Crippen molar-refractivity contribution >= 4 is 6.08 Å². The Kier molecular flexibility index (Phi) is 5.21. The van der Waals surface area contributed by atoms with Gasteiger partial charge in [0.2, 0.25) is 0 Å². The molecule has 0 bridgehead atoms. The Morgan fingerprint density at radius 2 is 2.20 bits per heavy atom. The topological polar surface area (TPSA) is 72.5 Å². The molecule has 1 aromatic carbocycles. The number of aromatic nitrogens is 3. The molecule has 2 aliphatic heterocycles. The minimum absolute atomic E-state index is 0.0351. The number of methoxy groups -OCH3 is 1. The fourth-order valence-corrected chi connectivity index (χ4v) is 3.91. The number of benzene rings is 1. The molecule has 4 heterocycles. The molecule has 3 aromatic rings. The highest BCUT2D eigenvalue weighted by Gasteiger charge is 2.24. The van der Waals surface area contributed by atoms with E-state index < -0.39 is 0 Å². The molecule has 1 N–H and O–H groups in total. The number of pyridine rings is 1. The van der Waals surface area contributed by atoms with Crippen molar-refractivity contribution < 1.29 is 14.2 Å². The summed E-state index contributed by atoms with van der Waals surface area (Å²) in [5, 5.41) is 6.96. The van der Waals surface area contributed by atoms with Gasteiger partial charge in [-0.1, -0.05) is 0 Å². The molecule has 1 atom stereocenters. The van der Waals surface area contributed by atoms with E-state index in [1.165, 1.54) is 5.57 Å². The predicted molar refractivity (Wildman–Crippen MR) is 113 cm³/mol. The first-order valence-electron chi connectivity index (χ1n) is 10.1. The molecule has 2 aromatic heterocycles. The third-order valence-electron chi connectivity index (χ3n) is 5.49. The van der Waals surface area contributed by atoms with E-state index in [1.807, 2.05) is 36.5 Å². The van der Waals surface area contributed by atoms with E-state index in [-0.39, 0.29) is 6.10 Å². The van der Waals surface area contributed by atoms with Crippen molar-refractivity contribution in [3.05, 3.63) is 65.6 Å². The van der Waals surface area contributed by atoms with Gasteiger partial charge in [-0.05, 0) is 48.0 Å². The van der Waals surface area contributed by atoms with E-state index in [4.69, 9.17) is 14.2 Å². The number of hydrogen-bond acceptors (Lipinski definition) is 6. The molecule has 0 saturated carbocycles. The van der Waals surface area contributed by atoms with Crippen LogP contribution in [0.15, 0.2) is 54.4 Å². The number of aromatic amines is 1. The minimum atomic E-state index is -0.0351. The zero-order valence-corrected chi connectivity index (χ0v) is 16.9. The van der Waals surface area contributed by atoms with Crippen molar-refractivity contribution in [2.75, 3.05) is 40.0 Å². The summed E-state index contributed by atoms with van der Waals surface area (Å²) in [6, 6.07) is 11.9. The summed E-state index contributed by atoms with van der Waals surface area (Å²) in [6.07, 6.45) is 5.78. The Morgan fingerprint density at radius 1 is 1.23 bits per heavy atom. The van der Waals surface area contributed by atoms with Crippen LogP contribution < -0.4 is 9.47 Å². The quantitative estimate of drug-likeness (QED) is 0.703. The van der Waals surface area contributed by atoms with Gasteiger partial charge in [-0.3, -0.25) is 15.0 Å². The van der Waals surface area contributed by atoms with Gasteiger partial charge in [0, 0.05) is 43.2 Å². The average Bonchev–Trinajstić information content (AvgIpc) is 3.34. The summed E-state index contributed by atoms with van der Waals surface area (Å²) >= 11 is 0. The normalized spacial score (nSPS) is 19.0. The molecule has 154 valence electrons. The van der Waals surface area contributed by atoms with Gasteiger partial charge in [-0.2, -0.15) is 5.10 Å². The van der Waals surface area contributed by atoms with Crippen LogP contribution in [0.1, 0.15) is 17.4 Å². The third-order valence-corrected chi connectivity index (χ3v) is 5.49. The van der Waals surface area contributed by atoms with Gasteiger partial charge in [-0.15, -0.1) is 0 Å². The zero-order valence-electron chi connectivity index (χ0n) is 16.9. The van der Waals surface area contributed by atoms with Crippen LogP contribution in [0.4, 0.5) is 0 Å². The van der Waals surface area contributed by atoms with Crippen molar-refractivity contribution in [2.24, 2.45) is 0 Å². The number of nitrogens with zero attached hydrogens (tertiary/aromatic N) is 3. The van der Waals surface area contributed by atoms with Gasteiger partial charge in [0.25, 0.3) is 0 Å². The van der Waals surface area contributed by atoms with Crippen LogP contribution in [0.2, 0.25) is 0 Å². The van der Waals surface area contributed by atoms with Gasteiger partial charge in [0.15, 0.2) is 0 Å². The molecular weight excluding hydrogens is 380 g/mol. The molecule has 1 saturated heterocycles. The lowest BCUT2D eigenvalue weighted by atomic mass is 10.1. The van der Waals surface area contributed by atoms with Gasteiger partial charge in [0.05, 0.1) is 25.1 Å². The Bertz CT molecular complexity index is 1030. The van der Waals surface area contributed by atoms with Crippen LogP contribution in [-0.2, 0) is 4.74 Å². The van der Waals surface area contributed by atoms with Crippen molar-refractivity contribution in [1.29, 1.82) is 0 Å². The molecule has 0 radical (unpaired) electrons. The molecule has 0 amide bonds. The molecule has 2 aliphatic rings. The second kappa shape index (κ2) is 8.30. The molecule has 5 rings (SSSR count). The van der Waals surface area contributed by atoms with Crippen LogP contribution >= 0.6 is 0 Å². The number of nitrogens with one attached hydrogen (secondary N) is 1. The average molecular weight is 404 g/mol. The summed E-state index contributed by atoms with van der Waals surface area (Å²) in [6.45, 7) is 3.85. The standard InChI is InChI=1S/C23H24N4O3/c1-28-19-3-5-22-18(11-19)10-16(15-30-22)13-27-8-9-29-23(14-27)21-4-2-17(12-24-21)20-6-7-25-26-20/h2-7,10-12,23H,8-9,13-15H2,1H3,(H,25,26)/t23-/m1/s1. The Balaban J connectivity index is 1.26. The fraction of sp³-hybridized carbons (Fsp3) is 0.304. The molecular formula is C23H24N4O3. The monoisotopic (exact) mass is 404 g/mol. The second-order valence-electron chi connectivity index (χ2n) is 7.53. The Morgan fingerprint density at radius 3 is 3.00 bits per heavy atom. The lowest BCUT2D eigenvalue weighted by molar-refractivity contribution is -0.0294. The van der Waals surface area contributed by atoms with Gasteiger partial charge in [-0.25, -0.2) is 0 Å². The van der Waals surface area contributed by atoms with E-state index in [0.29, 0.717) is 13.2 Å². The summed E-state index contributed by atoms with van der Waals surface area (Å²) in [5.74, 6) is 1.74. The molecule has 0 unspecified atom stereocenters.